The van der Waals surface area contributed by atoms with Crippen molar-refractivity contribution in [3.05, 3.63) is 35.4 Å². The highest BCUT2D eigenvalue weighted by Crippen LogP contribution is 2.24. The normalized spacial score (nSPS) is 12.6. The molecule has 0 spiro atoms. The Morgan fingerprint density at radius 2 is 1.79 bits per heavy atom. The summed E-state index contributed by atoms with van der Waals surface area (Å²) in [6, 6.07) is 5.01. The Morgan fingerprint density at radius 3 is 2.16 bits per heavy atom. The molecule has 0 atom stereocenters. The number of halogens is 3. The number of rotatable bonds is 4. The number of hydrogen-bond donors (Lipinski definition) is 1. The third-order valence-corrected chi connectivity index (χ3v) is 2.30. The van der Waals surface area contributed by atoms with E-state index in [2.05, 4.69) is 4.74 Å². The van der Waals surface area contributed by atoms with E-state index in [0.717, 1.165) is 12.1 Å². The molecule has 3 nitrogen and oxygen atoms in total. The van der Waals surface area contributed by atoms with Gasteiger partial charge in [0.05, 0.1) is 0 Å². The van der Waals surface area contributed by atoms with Gasteiger partial charge in [-0.05, 0) is 29.7 Å². The van der Waals surface area contributed by atoms with Gasteiger partial charge in [0.25, 0.3) is 0 Å². The minimum Gasteiger partial charge on any atom is -0.478 e. The van der Waals surface area contributed by atoms with E-state index in [9.17, 15) is 18.0 Å². The highest BCUT2D eigenvalue weighted by atomic mass is 19.4. The van der Waals surface area contributed by atoms with Crippen molar-refractivity contribution in [3.63, 3.8) is 0 Å². The van der Waals surface area contributed by atoms with Gasteiger partial charge in [0, 0.05) is 5.57 Å². The monoisotopic (exact) mass is 274 g/mol. The van der Waals surface area contributed by atoms with Crippen LogP contribution < -0.4 is 4.74 Å². The number of benzene rings is 1. The lowest BCUT2D eigenvalue weighted by Crippen LogP contribution is -2.16. The van der Waals surface area contributed by atoms with Gasteiger partial charge in [0.15, 0.2) is 0 Å². The molecule has 0 amide bonds. The maximum atomic E-state index is 12.0. The van der Waals surface area contributed by atoms with Gasteiger partial charge in [-0.2, -0.15) is 0 Å². The van der Waals surface area contributed by atoms with E-state index in [0.29, 0.717) is 5.56 Å². The predicted octanol–water partition coefficient (Wildman–Crippen LogP) is 3.71. The summed E-state index contributed by atoms with van der Waals surface area (Å²) in [4.78, 5) is 11.0. The lowest BCUT2D eigenvalue weighted by atomic mass is 10.0. The summed E-state index contributed by atoms with van der Waals surface area (Å²) < 4.78 is 39.6. The molecule has 104 valence electrons. The van der Waals surface area contributed by atoms with Gasteiger partial charge in [0.2, 0.25) is 0 Å². The number of aliphatic carboxylic acids is 1. The summed E-state index contributed by atoms with van der Waals surface area (Å²) in [5, 5.41) is 8.97. The maximum Gasteiger partial charge on any atom is 0.573 e. The maximum absolute atomic E-state index is 12.0. The lowest BCUT2D eigenvalue weighted by molar-refractivity contribution is -0.274. The Hall–Kier alpha value is -1.98. The second-order valence-electron chi connectivity index (χ2n) is 4.18. The van der Waals surface area contributed by atoms with Crippen LogP contribution in [0.2, 0.25) is 0 Å². The van der Waals surface area contributed by atoms with E-state index < -0.39 is 12.3 Å². The van der Waals surface area contributed by atoms with Gasteiger partial charge in [-0.3, -0.25) is 0 Å². The topological polar surface area (TPSA) is 46.5 Å². The van der Waals surface area contributed by atoms with Crippen molar-refractivity contribution in [2.75, 3.05) is 0 Å². The Kier molecular flexibility index (Phi) is 4.58. The van der Waals surface area contributed by atoms with E-state index in [-0.39, 0.29) is 17.2 Å². The van der Waals surface area contributed by atoms with Crippen molar-refractivity contribution in [3.8, 4) is 5.75 Å². The second kappa shape index (κ2) is 5.77. The average molecular weight is 274 g/mol. The Bertz CT molecular complexity index is 473. The van der Waals surface area contributed by atoms with Crippen LogP contribution in [-0.4, -0.2) is 17.4 Å². The molecule has 0 saturated carbocycles. The molecule has 0 bridgehead atoms. The zero-order valence-electron chi connectivity index (χ0n) is 10.4. The van der Waals surface area contributed by atoms with E-state index in [1.54, 1.807) is 13.8 Å². The second-order valence-corrected chi connectivity index (χ2v) is 4.18. The SMILES string of the molecule is CC(C)/C(=C\c1ccc(OC(F)(F)F)cc1)C(=O)O. The lowest BCUT2D eigenvalue weighted by Gasteiger charge is -2.09. The van der Waals surface area contributed by atoms with Crippen LogP contribution in [0.4, 0.5) is 13.2 Å². The fraction of sp³-hybridized carbons (Fsp3) is 0.308. The minimum absolute atomic E-state index is 0.185. The molecule has 0 fully saturated rings. The van der Waals surface area contributed by atoms with E-state index in [1.165, 1.54) is 18.2 Å². The molecule has 1 rings (SSSR count). The smallest absolute Gasteiger partial charge is 0.478 e. The highest BCUT2D eigenvalue weighted by molar-refractivity contribution is 5.92. The van der Waals surface area contributed by atoms with Crippen molar-refractivity contribution in [1.82, 2.24) is 0 Å². The largest absolute Gasteiger partial charge is 0.573 e. The molecule has 1 aromatic rings. The first-order valence-electron chi connectivity index (χ1n) is 5.50. The van der Waals surface area contributed by atoms with Crippen LogP contribution in [0.15, 0.2) is 29.8 Å². The quantitative estimate of drug-likeness (QED) is 0.851. The van der Waals surface area contributed by atoms with Gasteiger partial charge in [-0.1, -0.05) is 26.0 Å². The van der Waals surface area contributed by atoms with Crippen molar-refractivity contribution in [1.29, 1.82) is 0 Å². The number of carbonyl (C=O) groups is 1. The molecule has 19 heavy (non-hydrogen) atoms. The molecule has 0 unspecified atom stereocenters. The number of ether oxygens (including phenoxy) is 1. The van der Waals surface area contributed by atoms with Crippen molar-refractivity contribution >= 4 is 12.0 Å². The molecule has 0 aliphatic rings. The first-order valence-corrected chi connectivity index (χ1v) is 5.50. The summed E-state index contributed by atoms with van der Waals surface area (Å²) in [6.45, 7) is 3.45. The van der Waals surface area contributed by atoms with Crippen LogP contribution >= 0.6 is 0 Å². The molecule has 1 N–H and O–H groups in total. The number of hydrogen-bond acceptors (Lipinski definition) is 2. The van der Waals surface area contributed by atoms with E-state index >= 15 is 0 Å². The van der Waals surface area contributed by atoms with Gasteiger partial charge in [-0.15, -0.1) is 13.2 Å². The zero-order valence-corrected chi connectivity index (χ0v) is 10.4. The van der Waals surface area contributed by atoms with Crippen molar-refractivity contribution in [2.24, 2.45) is 5.92 Å². The van der Waals surface area contributed by atoms with Gasteiger partial charge in [0.1, 0.15) is 5.75 Å². The first-order chi connectivity index (χ1) is 8.69. The van der Waals surface area contributed by atoms with Crippen LogP contribution in [0.5, 0.6) is 5.75 Å². The van der Waals surface area contributed by atoms with Crippen LogP contribution in [0.25, 0.3) is 6.08 Å². The Morgan fingerprint density at radius 1 is 1.26 bits per heavy atom. The van der Waals surface area contributed by atoms with E-state index in [4.69, 9.17) is 5.11 Å². The molecule has 0 radical (unpaired) electrons. The standard InChI is InChI=1S/C13H13F3O3/c1-8(2)11(12(17)18)7-9-3-5-10(6-4-9)19-13(14,15)16/h3-8H,1-2H3,(H,17,18)/b11-7+. The summed E-state index contributed by atoms with van der Waals surface area (Å²) in [7, 11) is 0. The number of carboxylic acids is 1. The summed E-state index contributed by atoms with van der Waals surface area (Å²) >= 11 is 0. The van der Waals surface area contributed by atoms with Crippen LogP contribution in [0.1, 0.15) is 19.4 Å². The highest BCUT2D eigenvalue weighted by Gasteiger charge is 2.30. The molecule has 0 heterocycles. The minimum atomic E-state index is -4.73. The van der Waals surface area contributed by atoms with Crippen LogP contribution in [0, 0.1) is 5.92 Å². The van der Waals surface area contributed by atoms with Crippen molar-refractivity contribution < 1.29 is 27.8 Å². The predicted molar refractivity (Wildman–Crippen MR) is 63.6 cm³/mol. The molecular weight excluding hydrogens is 261 g/mol. The first kappa shape index (κ1) is 15.1. The molecule has 0 saturated heterocycles. The average Bonchev–Trinajstić information content (AvgIpc) is 2.25. The third-order valence-electron chi connectivity index (χ3n) is 2.30. The Balaban J connectivity index is 2.93. The fourth-order valence-electron chi connectivity index (χ4n) is 1.42. The molecule has 0 aromatic heterocycles. The van der Waals surface area contributed by atoms with Gasteiger partial charge < -0.3 is 9.84 Å². The molecule has 0 aliphatic carbocycles. The van der Waals surface area contributed by atoms with Crippen molar-refractivity contribution in [2.45, 2.75) is 20.2 Å². The third kappa shape index (κ3) is 5.03. The fourth-order valence-corrected chi connectivity index (χ4v) is 1.42. The van der Waals surface area contributed by atoms with Gasteiger partial charge >= 0.3 is 12.3 Å². The molecule has 0 aliphatic heterocycles. The van der Waals surface area contributed by atoms with Crippen LogP contribution in [0.3, 0.4) is 0 Å². The summed E-state index contributed by atoms with van der Waals surface area (Å²) in [6.07, 6.45) is -3.31. The molecule has 1 aromatic carbocycles. The zero-order chi connectivity index (χ0) is 14.6. The summed E-state index contributed by atoms with van der Waals surface area (Å²) in [5.74, 6) is -1.58. The molecule has 6 heteroatoms. The summed E-state index contributed by atoms with van der Waals surface area (Å²) in [5.41, 5.74) is 0.685. The molecular formula is C13H13F3O3. The van der Waals surface area contributed by atoms with Gasteiger partial charge in [-0.25, -0.2) is 4.79 Å². The van der Waals surface area contributed by atoms with Crippen LogP contribution in [-0.2, 0) is 4.79 Å². The number of alkyl halides is 3. The van der Waals surface area contributed by atoms with E-state index in [1.807, 2.05) is 0 Å². The number of carboxylic acid groups (broad SMARTS) is 1. The Labute approximate surface area is 108 Å².